The van der Waals surface area contributed by atoms with E-state index in [0.717, 1.165) is 66.5 Å². The fourth-order valence-electron chi connectivity index (χ4n) is 8.31. The molecule has 270 valence electrons. The van der Waals surface area contributed by atoms with E-state index < -0.39 is 0 Å². The van der Waals surface area contributed by atoms with E-state index in [1.165, 1.54) is 16.3 Å². The van der Waals surface area contributed by atoms with Crippen LogP contribution in [0.3, 0.4) is 0 Å². The van der Waals surface area contributed by atoms with E-state index in [1.807, 2.05) is 78.9 Å². The van der Waals surface area contributed by atoms with Gasteiger partial charge in [-0.1, -0.05) is 133 Å². The summed E-state index contributed by atoms with van der Waals surface area (Å²) < 4.78 is 4.55. The van der Waals surface area contributed by atoms with Crippen molar-refractivity contribution in [1.82, 2.24) is 24.1 Å². The molecule has 0 unspecified atom stereocenters. The van der Waals surface area contributed by atoms with Gasteiger partial charge in [0, 0.05) is 43.9 Å². The van der Waals surface area contributed by atoms with E-state index >= 15 is 0 Å². The predicted octanol–water partition coefficient (Wildman–Crippen LogP) is 12.6. The highest BCUT2D eigenvalue weighted by molar-refractivity contribution is 6.12. The van der Waals surface area contributed by atoms with Crippen LogP contribution in [0.25, 0.3) is 100 Å². The van der Waals surface area contributed by atoms with Gasteiger partial charge >= 0.3 is 0 Å². The van der Waals surface area contributed by atoms with Gasteiger partial charge in [0.15, 0.2) is 17.5 Å². The van der Waals surface area contributed by atoms with E-state index in [2.05, 4.69) is 130 Å². The van der Waals surface area contributed by atoms with Crippen molar-refractivity contribution < 1.29 is 0 Å². The van der Waals surface area contributed by atoms with Crippen LogP contribution in [0.5, 0.6) is 0 Å². The van der Waals surface area contributed by atoms with Gasteiger partial charge in [0.2, 0.25) is 0 Å². The highest BCUT2D eigenvalue weighted by atomic mass is 15.0. The van der Waals surface area contributed by atoms with Crippen LogP contribution in [0.1, 0.15) is 5.56 Å². The van der Waals surface area contributed by atoms with Crippen molar-refractivity contribution >= 4 is 43.6 Å². The van der Waals surface area contributed by atoms with Gasteiger partial charge in [0.25, 0.3) is 0 Å². The summed E-state index contributed by atoms with van der Waals surface area (Å²) in [5, 5.41) is 15.4. The summed E-state index contributed by atoms with van der Waals surface area (Å²) >= 11 is 0. The Bertz CT molecular complexity index is 3340. The Morgan fingerprint density at radius 1 is 0.345 bits per heavy atom. The van der Waals surface area contributed by atoms with E-state index in [1.54, 1.807) is 0 Å². The van der Waals surface area contributed by atoms with Crippen LogP contribution in [-0.4, -0.2) is 24.1 Å². The normalized spacial score (nSPS) is 11.4. The van der Waals surface area contributed by atoms with Crippen molar-refractivity contribution in [2.75, 3.05) is 0 Å². The number of benzene rings is 8. The second-order valence-electron chi connectivity index (χ2n) is 14.4. The average molecular weight is 741 g/mol. The fraction of sp³-hybridized carbons (Fsp3) is 0. The van der Waals surface area contributed by atoms with Gasteiger partial charge in [-0.05, 0) is 71.8 Å². The van der Waals surface area contributed by atoms with Gasteiger partial charge in [-0.3, -0.25) is 0 Å². The molecule has 0 spiro atoms. The molecule has 3 aromatic heterocycles. The maximum Gasteiger partial charge on any atom is 0.164 e. The Morgan fingerprint density at radius 2 is 0.828 bits per heavy atom. The third-order valence-electron chi connectivity index (χ3n) is 11.0. The van der Waals surface area contributed by atoms with Crippen LogP contribution in [0.15, 0.2) is 194 Å². The Balaban J connectivity index is 1.07. The van der Waals surface area contributed by atoms with Crippen molar-refractivity contribution in [2.24, 2.45) is 0 Å². The highest BCUT2D eigenvalue weighted by Gasteiger charge is 2.19. The molecule has 0 N–H and O–H groups in total. The molecule has 0 bridgehead atoms. The van der Waals surface area contributed by atoms with Crippen molar-refractivity contribution in [3.05, 3.63) is 200 Å². The van der Waals surface area contributed by atoms with Gasteiger partial charge in [-0.25, -0.2) is 15.0 Å². The van der Waals surface area contributed by atoms with Crippen LogP contribution in [0.2, 0.25) is 0 Å². The highest BCUT2D eigenvalue weighted by Crippen LogP contribution is 2.39. The molecule has 6 heteroatoms. The Hall–Kier alpha value is -8.14. The average Bonchev–Trinajstić information content (AvgIpc) is 3.81. The molecule has 0 aliphatic heterocycles. The molecule has 0 aliphatic rings. The van der Waals surface area contributed by atoms with Crippen molar-refractivity contribution in [3.63, 3.8) is 0 Å². The summed E-state index contributed by atoms with van der Waals surface area (Å²) in [4.78, 5) is 14.7. The lowest BCUT2D eigenvalue weighted by molar-refractivity contribution is 1.07. The van der Waals surface area contributed by atoms with Gasteiger partial charge in [-0.2, -0.15) is 5.26 Å². The summed E-state index contributed by atoms with van der Waals surface area (Å²) in [6.45, 7) is 0. The van der Waals surface area contributed by atoms with Crippen molar-refractivity contribution in [2.45, 2.75) is 0 Å². The number of para-hydroxylation sites is 3. The third-order valence-corrected chi connectivity index (χ3v) is 11.0. The van der Waals surface area contributed by atoms with Gasteiger partial charge in [0.05, 0.1) is 33.3 Å². The van der Waals surface area contributed by atoms with E-state index in [4.69, 9.17) is 15.0 Å². The summed E-state index contributed by atoms with van der Waals surface area (Å²) in [6, 6.07) is 69.3. The lowest BCUT2D eigenvalue weighted by atomic mass is 10.0. The topological polar surface area (TPSA) is 72.3 Å². The summed E-state index contributed by atoms with van der Waals surface area (Å²) in [7, 11) is 0. The predicted molar refractivity (Wildman–Crippen MR) is 235 cm³/mol. The molecule has 8 aromatic carbocycles. The maximum absolute atomic E-state index is 10.8. The number of hydrogen-bond donors (Lipinski definition) is 0. The lowest BCUT2D eigenvalue weighted by Gasteiger charge is -2.13. The van der Waals surface area contributed by atoms with Crippen LogP contribution in [-0.2, 0) is 0 Å². The second kappa shape index (κ2) is 13.6. The molecule has 0 amide bonds. The minimum atomic E-state index is 0.504. The molecule has 0 fully saturated rings. The SMILES string of the molecule is N#Cc1cc(-c2nc(-c3ccccc3)nc(-c3ccccc3)n2)ccc1-n1c2ccccc2c2ccc(-c3ccc4c(c3)c3ccccc3n4-c3ccccc3)cc21. The van der Waals surface area contributed by atoms with E-state index in [0.29, 0.717) is 23.0 Å². The quantitative estimate of drug-likeness (QED) is 0.170. The summed E-state index contributed by atoms with van der Waals surface area (Å²) in [6.07, 6.45) is 0. The summed E-state index contributed by atoms with van der Waals surface area (Å²) in [5.41, 5.74) is 11.6. The molecule has 6 nitrogen and oxygen atoms in total. The minimum absolute atomic E-state index is 0.504. The van der Waals surface area contributed by atoms with Crippen LogP contribution < -0.4 is 0 Å². The molecular weight excluding hydrogens is 709 g/mol. The van der Waals surface area contributed by atoms with Crippen LogP contribution in [0.4, 0.5) is 0 Å². The number of nitrogens with zero attached hydrogens (tertiary/aromatic N) is 6. The van der Waals surface area contributed by atoms with Gasteiger partial charge in [0.1, 0.15) is 6.07 Å². The molecule has 0 atom stereocenters. The molecular formula is C52H32N6. The number of hydrogen-bond acceptors (Lipinski definition) is 4. The van der Waals surface area contributed by atoms with Crippen molar-refractivity contribution in [3.8, 4) is 62.7 Å². The molecule has 0 saturated carbocycles. The molecule has 58 heavy (non-hydrogen) atoms. The first-order valence-corrected chi connectivity index (χ1v) is 19.3. The number of aromatic nitrogens is 5. The van der Waals surface area contributed by atoms with Crippen LogP contribution >= 0.6 is 0 Å². The first-order valence-electron chi connectivity index (χ1n) is 19.3. The molecule has 3 heterocycles. The van der Waals surface area contributed by atoms with E-state index in [9.17, 15) is 5.26 Å². The van der Waals surface area contributed by atoms with E-state index in [-0.39, 0.29) is 0 Å². The third kappa shape index (κ3) is 5.45. The van der Waals surface area contributed by atoms with Gasteiger partial charge in [-0.15, -0.1) is 0 Å². The van der Waals surface area contributed by atoms with Gasteiger partial charge < -0.3 is 9.13 Å². The Labute approximate surface area is 334 Å². The zero-order chi connectivity index (χ0) is 38.6. The lowest BCUT2D eigenvalue weighted by Crippen LogP contribution is -2.02. The molecule has 11 aromatic rings. The fourth-order valence-corrected chi connectivity index (χ4v) is 8.31. The molecule has 0 saturated heterocycles. The van der Waals surface area contributed by atoms with Crippen LogP contribution in [0, 0.1) is 11.3 Å². The summed E-state index contributed by atoms with van der Waals surface area (Å²) in [5.74, 6) is 1.65. The van der Waals surface area contributed by atoms with Crippen molar-refractivity contribution in [1.29, 1.82) is 5.26 Å². The number of nitriles is 1. The zero-order valence-corrected chi connectivity index (χ0v) is 31.2. The Kier molecular flexibility index (Phi) is 7.76. The Morgan fingerprint density at radius 3 is 1.48 bits per heavy atom. The molecule has 0 radical (unpaired) electrons. The molecule has 0 aliphatic carbocycles. The zero-order valence-electron chi connectivity index (χ0n) is 31.2. The smallest absolute Gasteiger partial charge is 0.164 e. The standard InChI is InChI=1S/C52H32N6/c53-33-39-30-38(52-55-50(34-14-4-1-5-15-34)54-51(56-52)35-16-6-2-7-17-35)26-28-45(39)58-47-23-13-10-20-41(47)43-27-24-37(32-49(43)58)36-25-29-48-44(31-36)42-21-11-12-22-46(42)57(48)40-18-8-3-9-19-40/h1-32H. The monoisotopic (exact) mass is 740 g/mol. The maximum atomic E-state index is 10.8. The number of rotatable bonds is 6. The molecule has 11 rings (SSSR count). The first kappa shape index (κ1) is 33.2. The largest absolute Gasteiger partial charge is 0.309 e. The second-order valence-corrected chi connectivity index (χ2v) is 14.4. The first-order chi connectivity index (χ1) is 28.7. The number of fused-ring (bicyclic) bond motifs is 6. The minimum Gasteiger partial charge on any atom is -0.309 e.